The van der Waals surface area contributed by atoms with Gasteiger partial charge in [-0.3, -0.25) is 4.90 Å². The first-order valence-corrected chi connectivity index (χ1v) is 6.46. The minimum Gasteiger partial charge on any atom is -0.478 e. The summed E-state index contributed by atoms with van der Waals surface area (Å²) < 4.78 is 0. The first-order chi connectivity index (χ1) is 8.63. The van der Waals surface area contributed by atoms with Gasteiger partial charge in [0, 0.05) is 18.6 Å². The predicted molar refractivity (Wildman–Crippen MR) is 70.6 cm³/mol. The van der Waals surface area contributed by atoms with Crippen LogP contribution in [-0.2, 0) is 0 Å². The molecule has 1 aliphatic heterocycles. The van der Waals surface area contributed by atoms with Crippen molar-refractivity contribution in [3.05, 3.63) is 35.4 Å². The molecule has 1 heterocycles. The van der Waals surface area contributed by atoms with Gasteiger partial charge in [0.15, 0.2) is 0 Å². The molecule has 18 heavy (non-hydrogen) atoms. The number of likely N-dealkylation sites (tertiary alicyclic amines) is 1. The second kappa shape index (κ2) is 5.50. The third-order valence-corrected chi connectivity index (χ3v) is 3.53. The molecule has 2 atom stereocenters. The standard InChI is InChI=1S/C14H20N2O2/c1-2-7-16-8-6-12(15)13(16)10-4-3-5-11(9-10)14(17)18/h3-5,9,12-13H,2,6-8,15H2,1H3,(H,17,18)/t12-,13+/m1/s1. The number of hydrogen-bond donors (Lipinski definition) is 2. The highest BCUT2D eigenvalue weighted by atomic mass is 16.4. The molecule has 0 amide bonds. The molecule has 1 fully saturated rings. The highest BCUT2D eigenvalue weighted by Gasteiger charge is 2.32. The Morgan fingerprint density at radius 1 is 1.56 bits per heavy atom. The molecular weight excluding hydrogens is 228 g/mol. The van der Waals surface area contributed by atoms with Crippen LogP contribution in [0.5, 0.6) is 0 Å². The highest BCUT2D eigenvalue weighted by Crippen LogP contribution is 2.31. The summed E-state index contributed by atoms with van der Waals surface area (Å²) in [5.74, 6) is -0.884. The van der Waals surface area contributed by atoms with Crippen LogP contribution in [0.25, 0.3) is 0 Å². The number of carboxylic acid groups (broad SMARTS) is 1. The van der Waals surface area contributed by atoms with Crippen LogP contribution in [-0.4, -0.2) is 35.1 Å². The number of hydrogen-bond acceptors (Lipinski definition) is 3. The molecule has 0 aromatic heterocycles. The topological polar surface area (TPSA) is 66.6 Å². The molecule has 3 N–H and O–H groups in total. The summed E-state index contributed by atoms with van der Waals surface area (Å²) in [5.41, 5.74) is 7.53. The van der Waals surface area contributed by atoms with Crippen molar-refractivity contribution < 1.29 is 9.90 Å². The van der Waals surface area contributed by atoms with E-state index in [9.17, 15) is 4.79 Å². The summed E-state index contributed by atoms with van der Waals surface area (Å²) in [6.07, 6.45) is 2.06. The summed E-state index contributed by atoms with van der Waals surface area (Å²) in [5, 5.41) is 9.04. The van der Waals surface area contributed by atoms with Crippen molar-refractivity contribution >= 4 is 5.97 Å². The molecule has 4 nitrogen and oxygen atoms in total. The maximum Gasteiger partial charge on any atom is 0.335 e. The molecule has 2 rings (SSSR count). The van der Waals surface area contributed by atoms with Crippen molar-refractivity contribution in [3.8, 4) is 0 Å². The van der Waals surface area contributed by atoms with Gasteiger partial charge in [0.25, 0.3) is 0 Å². The Morgan fingerprint density at radius 3 is 3.00 bits per heavy atom. The van der Waals surface area contributed by atoms with Gasteiger partial charge in [0.1, 0.15) is 0 Å². The molecule has 1 aliphatic rings. The van der Waals surface area contributed by atoms with Gasteiger partial charge in [-0.15, -0.1) is 0 Å². The van der Waals surface area contributed by atoms with E-state index in [4.69, 9.17) is 10.8 Å². The van der Waals surface area contributed by atoms with Crippen molar-refractivity contribution in [2.75, 3.05) is 13.1 Å². The van der Waals surface area contributed by atoms with Crippen LogP contribution in [0.3, 0.4) is 0 Å². The molecule has 0 radical (unpaired) electrons. The van der Waals surface area contributed by atoms with Crippen molar-refractivity contribution in [2.45, 2.75) is 31.8 Å². The molecule has 0 spiro atoms. The third-order valence-electron chi connectivity index (χ3n) is 3.53. The Labute approximate surface area is 107 Å². The van der Waals surface area contributed by atoms with E-state index in [1.807, 2.05) is 6.07 Å². The van der Waals surface area contributed by atoms with Gasteiger partial charge in [-0.05, 0) is 37.1 Å². The summed E-state index contributed by atoms with van der Waals surface area (Å²) in [6.45, 7) is 4.15. The fourth-order valence-electron chi connectivity index (χ4n) is 2.73. The maximum atomic E-state index is 11.0. The largest absolute Gasteiger partial charge is 0.478 e. The van der Waals surface area contributed by atoms with Gasteiger partial charge in [-0.2, -0.15) is 0 Å². The molecule has 1 aromatic carbocycles. The lowest BCUT2D eigenvalue weighted by Crippen LogP contribution is -2.32. The smallest absolute Gasteiger partial charge is 0.335 e. The molecule has 0 unspecified atom stereocenters. The first kappa shape index (κ1) is 13.1. The molecule has 1 aromatic rings. The van der Waals surface area contributed by atoms with E-state index in [0.29, 0.717) is 5.56 Å². The Hall–Kier alpha value is -1.39. The zero-order valence-corrected chi connectivity index (χ0v) is 10.7. The molecule has 98 valence electrons. The second-order valence-corrected chi connectivity index (χ2v) is 4.86. The number of rotatable bonds is 4. The van der Waals surface area contributed by atoms with E-state index in [0.717, 1.165) is 31.5 Å². The van der Waals surface area contributed by atoms with Gasteiger partial charge in [-0.1, -0.05) is 19.1 Å². The van der Waals surface area contributed by atoms with Crippen LogP contribution < -0.4 is 5.73 Å². The van der Waals surface area contributed by atoms with Crippen molar-refractivity contribution in [1.29, 1.82) is 0 Å². The lowest BCUT2D eigenvalue weighted by molar-refractivity contribution is 0.0696. The number of benzene rings is 1. The number of nitrogens with two attached hydrogens (primary N) is 1. The predicted octanol–water partition coefficient (Wildman–Crippen LogP) is 1.87. The van der Waals surface area contributed by atoms with E-state index < -0.39 is 5.97 Å². The van der Waals surface area contributed by atoms with Crippen LogP contribution >= 0.6 is 0 Å². The zero-order valence-electron chi connectivity index (χ0n) is 10.7. The minimum atomic E-state index is -0.884. The Morgan fingerprint density at radius 2 is 2.33 bits per heavy atom. The van der Waals surface area contributed by atoms with E-state index in [-0.39, 0.29) is 12.1 Å². The summed E-state index contributed by atoms with van der Waals surface area (Å²) in [6, 6.07) is 7.40. The SMILES string of the molecule is CCCN1CC[C@@H](N)[C@@H]1c1cccc(C(=O)O)c1. The Balaban J connectivity index is 2.28. The molecule has 0 aliphatic carbocycles. The van der Waals surface area contributed by atoms with Crippen LogP contribution in [0.1, 0.15) is 41.7 Å². The fraction of sp³-hybridized carbons (Fsp3) is 0.500. The summed E-state index contributed by atoms with van der Waals surface area (Å²) in [7, 11) is 0. The van der Waals surface area contributed by atoms with E-state index in [1.165, 1.54) is 0 Å². The van der Waals surface area contributed by atoms with E-state index >= 15 is 0 Å². The first-order valence-electron chi connectivity index (χ1n) is 6.46. The minimum absolute atomic E-state index is 0.0978. The molecule has 0 saturated carbocycles. The van der Waals surface area contributed by atoms with E-state index in [2.05, 4.69) is 11.8 Å². The van der Waals surface area contributed by atoms with Gasteiger partial charge >= 0.3 is 5.97 Å². The third kappa shape index (κ3) is 2.54. The molecular formula is C14H20N2O2. The molecule has 4 heteroatoms. The average Bonchev–Trinajstić information content (AvgIpc) is 2.71. The number of carbonyl (C=O) groups is 1. The molecule has 0 bridgehead atoms. The van der Waals surface area contributed by atoms with Gasteiger partial charge in [-0.25, -0.2) is 4.79 Å². The van der Waals surface area contributed by atoms with Crippen molar-refractivity contribution in [1.82, 2.24) is 4.90 Å². The van der Waals surface area contributed by atoms with Crippen LogP contribution in [0.15, 0.2) is 24.3 Å². The lowest BCUT2D eigenvalue weighted by Gasteiger charge is -2.26. The Bertz CT molecular complexity index is 432. The average molecular weight is 248 g/mol. The van der Waals surface area contributed by atoms with Gasteiger partial charge < -0.3 is 10.8 Å². The van der Waals surface area contributed by atoms with Crippen LogP contribution in [0, 0.1) is 0 Å². The highest BCUT2D eigenvalue weighted by molar-refractivity contribution is 5.87. The van der Waals surface area contributed by atoms with E-state index in [1.54, 1.807) is 18.2 Å². The quantitative estimate of drug-likeness (QED) is 0.853. The molecule has 1 saturated heterocycles. The van der Waals surface area contributed by atoms with Crippen molar-refractivity contribution in [2.24, 2.45) is 5.73 Å². The number of aromatic carboxylic acids is 1. The second-order valence-electron chi connectivity index (χ2n) is 4.86. The number of nitrogens with zero attached hydrogens (tertiary/aromatic N) is 1. The fourth-order valence-corrected chi connectivity index (χ4v) is 2.73. The monoisotopic (exact) mass is 248 g/mol. The normalized spacial score (nSPS) is 24.3. The zero-order chi connectivity index (χ0) is 13.1. The Kier molecular flexibility index (Phi) is 3.99. The van der Waals surface area contributed by atoms with Gasteiger partial charge in [0.05, 0.1) is 5.56 Å². The maximum absolute atomic E-state index is 11.0. The summed E-state index contributed by atoms with van der Waals surface area (Å²) in [4.78, 5) is 13.4. The van der Waals surface area contributed by atoms with Crippen LogP contribution in [0.2, 0.25) is 0 Å². The van der Waals surface area contributed by atoms with Crippen LogP contribution in [0.4, 0.5) is 0 Å². The summed E-state index contributed by atoms with van der Waals surface area (Å²) >= 11 is 0. The number of carboxylic acids is 1. The lowest BCUT2D eigenvalue weighted by atomic mass is 9.98. The van der Waals surface area contributed by atoms with Gasteiger partial charge in [0.2, 0.25) is 0 Å². The van der Waals surface area contributed by atoms with Crippen molar-refractivity contribution in [3.63, 3.8) is 0 Å².